The van der Waals surface area contributed by atoms with E-state index in [1.165, 1.54) is 6.21 Å². The van der Waals surface area contributed by atoms with E-state index in [0.29, 0.717) is 48.5 Å². The molecule has 0 spiro atoms. The summed E-state index contributed by atoms with van der Waals surface area (Å²) < 4.78 is 16.4. The second-order valence-corrected chi connectivity index (χ2v) is 6.15. The zero-order valence-electron chi connectivity index (χ0n) is 15.4. The lowest BCUT2D eigenvalue weighted by Crippen LogP contribution is -2.41. The van der Waals surface area contributed by atoms with Crippen LogP contribution >= 0.6 is 11.6 Å². The smallest absolute Gasteiger partial charge is 0.329 e. The summed E-state index contributed by atoms with van der Waals surface area (Å²) in [4.78, 5) is 23.5. The number of benzene rings is 1. The minimum atomic E-state index is -0.855. The average Bonchev–Trinajstić information content (AvgIpc) is 3.16. The van der Waals surface area contributed by atoms with Crippen molar-refractivity contribution in [3.05, 3.63) is 22.7 Å². The second-order valence-electron chi connectivity index (χ2n) is 5.74. The fraction of sp³-hybridized carbons (Fsp3) is 0.500. The predicted molar refractivity (Wildman–Crippen MR) is 102 cm³/mol. The van der Waals surface area contributed by atoms with E-state index in [-0.39, 0.29) is 6.10 Å². The van der Waals surface area contributed by atoms with Gasteiger partial charge in [0, 0.05) is 13.2 Å². The normalized spacial score (nSPS) is 16.3. The van der Waals surface area contributed by atoms with Gasteiger partial charge in [-0.05, 0) is 44.4 Å². The molecule has 0 radical (unpaired) electrons. The first-order chi connectivity index (χ1) is 13.0. The topological polar surface area (TPSA) is 98.2 Å². The van der Waals surface area contributed by atoms with Crippen molar-refractivity contribution >= 4 is 29.6 Å². The molecular formula is C18H24ClN3O5. The largest absolute Gasteiger partial charge is 0.490 e. The molecule has 1 heterocycles. The Balaban J connectivity index is 1.92. The minimum absolute atomic E-state index is 0.0340. The summed E-state index contributed by atoms with van der Waals surface area (Å²) in [5.74, 6) is -0.682. The number of hydrazone groups is 1. The van der Waals surface area contributed by atoms with Crippen LogP contribution in [0.25, 0.3) is 0 Å². The van der Waals surface area contributed by atoms with Gasteiger partial charge in [-0.25, -0.2) is 5.43 Å². The molecule has 1 atom stereocenters. The molecule has 8 nitrogen and oxygen atoms in total. The van der Waals surface area contributed by atoms with Crippen LogP contribution in [0, 0.1) is 0 Å². The Bertz CT molecular complexity index is 690. The summed E-state index contributed by atoms with van der Waals surface area (Å²) >= 11 is 6.21. The molecule has 0 aromatic heterocycles. The number of halogens is 1. The average molecular weight is 398 g/mol. The minimum Gasteiger partial charge on any atom is -0.490 e. The first kappa shape index (κ1) is 21.0. The Kier molecular flexibility index (Phi) is 8.35. The van der Waals surface area contributed by atoms with Crippen molar-refractivity contribution in [3.8, 4) is 11.5 Å². The first-order valence-corrected chi connectivity index (χ1v) is 9.24. The van der Waals surface area contributed by atoms with Gasteiger partial charge in [0.2, 0.25) is 0 Å². The van der Waals surface area contributed by atoms with Crippen molar-refractivity contribution in [2.24, 2.45) is 5.10 Å². The number of amides is 2. The van der Waals surface area contributed by atoms with E-state index in [9.17, 15) is 9.59 Å². The quantitative estimate of drug-likeness (QED) is 0.396. The van der Waals surface area contributed by atoms with E-state index in [4.69, 9.17) is 25.8 Å². The molecule has 0 bridgehead atoms. The summed E-state index contributed by atoms with van der Waals surface area (Å²) in [5.41, 5.74) is 2.77. The zero-order valence-corrected chi connectivity index (χ0v) is 16.2. The van der Waals surface area contributed by atoms with Gasteiger partial charge in [-0.15, -0.1) is 0 Å². The fourth-order valence-corrected chi connectivity index (χ4v) is 2.79. The second kappa shape index (κ2) is 10.7. The van der Waals surface area contributed by atoms with Crippen LogP contribution in [-0.4, -0.2) is 50.5 Å². The summed E-state index contributed by atoms with van der Waals surface area (Å²) in [5, 5.41) is 6.68. The van der Waals surface area contributed by atoms with E-state index in [0.717, 1.165) is 12.8 Å². The Labute approximate surface area is 163 Å². The highest BCUT2D eigenvalue weighted by atomic mass is 35.5. The summed E-state index contributed by atoms with van der Waals surface area (Å²) in [6.45, 7) is 5.58. The molecule has 1 fully saturated rings. The molecule has 27 heavy (non-hydrogen) atoms. The molecule has 1 saturated heterocycles. The molecule has 0 saturated carbocycles. The van der Waals surface area contributed by atoms with E-state index in [2.05, 4.69) is 15.8 Å². The van der Waals surface area contributed by atoms with Crippen LogP contribution in [0.2, 0.25) is 5.02 Å². The van der Waals surface area contributed by atoms with Gasteiger partial charge in [0.1, 0.15) is 0 Å². The van der Waals surface area contributed by atoms with Gasteiger partial charge >= 0.3 is 11.8 Å². The lowest BCUT2D eigenvalue weighted by Gasteiger charge is -2.13. The predicted octanol–water partition coefficient (Wildman–Crippen LogP) is 1.88. The van der Waals surface area contributed by atoms with Crippen molar-refractivity contribution < 1.29 is 23.8 Å². The van der Waals surface area contributed by atoms with Gasteiger partial charge < -0.3 is 19.5 Å². The van der Waals surface area contributed by atoms with E-state index in [1.807, 2.05) is 13.8 Å². The molecule has 9 heteroatoms. The van der Waals surface area contributed by atoms with Gasteiger partial charge in [0.05, 0.1) is 30.6 Å². The molecule has 148 valence electrons. The third-order valence-electron chi connectivity index (χ3n) is 3.72. The number of hydrogen-bond acceptors (Lipinski definition) is 6. The molecule has 0 unspecified atom stereocenters. The molecular weight excluding hydrogens is 374 g/mol. The van der Waals surface area contributed by atoms with E-state index < -0.39 is 11.8 Å². The highest BCUT2D eigenvalue weighted by Crippen LogP contribution is 2.36. The van der Waals surface area contributed by atoms with Crippen LogP contribution in [0.15, 0.2) is 17.2 Å². The number of carbonyl (C=O) groups excluding carboxylic acids is 2. The fourth-order valence-electron chi connectivity index (χ4n) is 2.52. The van der Waals surface area contributed by atoms with Crippen LogP contribution in [-0.2, 0) is 14.3 Å². The van der Waals surface area contributed by atoms with Gasteiger partial charge in [-0.3, -0.25) is 9.59 Å². The van der Waals surface area contributed by atoms with Crippen LogP contribution in [0.3, 0.4) is 0 Å². The number of nitrogens with zero attached hydrogens (tertiary/aromatic N) is 1. The number of ether oxygens (including phenoxy) is 3. The number of carbonyl (C=O) groups is 2. The van der Waals surface area contributed by atoms with Crippen molar-refractivity contribution in [2.45, 2.75) is 32.8 Å². The van der Waals surface area contributed by atoms with Crippen LogP contribution in [0.5, 0.6) is 11.5 Å². The standard InChI is InChI=1S/C18H24ClN3O5/c1-3-25-15-9-12(8-14(19)16(15)26-4-2)10-21-22-18(24)17(23)20-11-13-6-5-7-27-13/h8-10,13H,3-7,11H2,1-2H3,(H,20,23)(H,22,24)/b21-10-/t13-/m1/s1. The highest BCUT2D eigenvalue weighted by molar-refractivity contribution is 6.35. The van der Waals surface area contributed by atoms with E-state index in [1.54, 1.807) is 12.1 Å². The molecule has 1 aliphatic heterocycles. The molecule has 2 N–H and O–H groups in total. The zero-order chi connectivity index (χ0) is 19.6. The Morgan fingerprint density at radius 3 is 2.74 bits per heavy atom. The molecule has 0 aliphatic carbocycles. The molecule has 1 aliphatic rings. The van der Waals surface area contributed by atoms with Crippen LogP contribution < -0.4 is 20.2 Å². The van der Waals surface area contributed by atoms with E-state index >= 15 is 0 Å². The molecule has 1 aromatic carbocycles. The third-order valence-corrected chi connectivity index (χ3v) is 4.00. The first-order valence-electron chi connectivity index (χ1n) is 8.87. The van der Waals surface area contributed by atoms with Crippen molar-refractivity contribution in [1.82, 2.24) is 10.7 Å². The lowest BCUT2D eigenvalue weighted by molar-refractivity contribution is -0.139. The summed E-state index contributed by atoms with van der Waals surface area (Å²) in [7, 11) is 0. The maximum atomic E-state index is 11.8. The number of nitrogens with one attached hydrogen (secondary N) is 2. The van der Waals surface area contributed by atoms with Crippen LogP contribution in [0.1, 0.15) is 32.3 Å². The van der Waals surface area contributed by atoms with Gasteiger partial charge in [-0.1, -0.05) is 11.6 Å². The maximum Gasteiger partial charge on any atom is 0.329 e. The number of hydrogen-bond donors (Lipinski definition) is 2. The van der Waals surface area contributed by atoms with Crippen LogP contribution in [0.4, 0.5) is 0 Å². The van der Waals surface area contributed by atoms with Gasteiger partial charge in [0.15, 0.2) is 11.5 Å². The van der Waals surface area contributed by atoms with Crippen molar-refractivity contribution in [1.29, 1.82) is 0 Å². The summed E-state index contributed by atoms with van der Waals surface area (Å²) in [6, 6.07) is 3.32. The Hall–Kier alpha value is -2.32. The monoisotopic (exact) mass is 397 g/mol. The Morgan fingerprint density at radius 2 is 2.07 bits per heavy atom. The highest BCUT2D eigenvalue weighted by Gasteiger charge is 2.19. The maximum absolute atomic E-state index is 11.8. The third kappa shape index (κ3) is 6.41. The molecule has 2 amide bonds. The lowest BCUT2D eigenvalue weighted by atomic mass is 10.2. The van der Waals surface area contributed by atoms with Crippen molar-refractivity contribution in [2.75, 3.05) is 26.4 Å². The Morgan fingerprint density at radius 1 is 1.30 bits per heavy atom. The summed E-state index contributed by atoms with van der Waals surface area (Å²) in [6.07, 6.45) is 3.18. The number of rotatable bonds is 8. The van der Waals surface area contributed by atoms with Gasteiger partial charge in [0.25, 0.3) is 0 Å². The SMILES string of the molecule is CCOc1cc(/C=N\NC(=O)C(=O)NC[C@H]2CCCO2)cc(Cl)c1OCC. The molecule has 2 rings (SSSR count). The van der Waals surface area contributed by atoms with Crippen molar-refractivity contribution in [3.63, 3.8) is 0 Å². The molecule has 1 aromatic rings. The van der Waals surface area contributed by atoms with Gasteiger partial charge in [-0.2, -0.15) is 5.10 Å².